The zero-order chi connectivity index (χ0) is 20.1. The molecule has 10 nitrogen and oxygen atoms in total. The van der Waals surface area contributed by atoms with E-state index in [1.165, 1.54) is 23.9 Å². The van der Waals surface area contributed by atoms with Crippen molar-refractivity contribution >= 4 is 34.0 Å². The first kappa shape index (κ1) is 19.5. The van der Waals surface area contributed by atoms with E-state index >= 15 is 0 Å². The number of hydrogen-bond acceptors (Lipinski definition) is 10. The van der Waals surface area contributed by atoms with Crippen molar-refractivity contribution in [3.8, 4) is 6.07 Å². The molecule has 2 aromatic heterocycles. The van der Waals surface area contributed by atoms with Gasteiger partial charge in [-0.15, -0.1) is 0 Å². The van der Waals surface area contributed by atoms with Crippen molar-refractivity contribution in [3.05, 3.63) is 23.5 Å². The number of hydrogen-bond donors (Lipinski definition) is 1. The monoisotopic (exact) mass is 414 g/mol. The number of morpholine rings is 1. The van der Waals surface area contributed by atoms with E-state index in [1.54, 1.807) is 0 Å². The zero-order valence-electron chi connectivity index (χ0n) is 16.0. The fraction of sp³-hybridized carbons (Fsp3) is 0.500. The van der Waals surface area contributed by atoms with Crippen molar-refractivity contribution in [2.24, 2.45) is 0 Å². The summed E-state index contributed by atoms with van der Waals surface area (Å²) >= 11 is 1.27. The van der Waals surface area contributed by atoms with Crippen LogP contribution in [0.15, 0.2) is 18.6 Å². The van der Waals surface area contributed by atoms with Crippen LogP contribution in [-0.4, -0.2) is 89.7 Å². The molecule has 0 saturated carbocycles. The lowest BCUT2D eigenvalue weighted by Gasteiger charge is -2.36. The molecule has 152 valence electrons. The minimum absolute atomic E-state index is 0.175. The van der Waals surface area contributed by atoms with Crippen LogP contribution >= 0.6 is 11.3 Å². The molecule has 0 radical (unpaired) electrons. The van der Waals surface area contributed by atoms with Gasteiger partial charge < -0.3 is 19.9 Å². The standard InChI is InChI=1S/C18H22N8O2S/c19-10-14-11-20-18(29-14)23-15-9-16(22-13-21-15)25-1-3-26(4-2-25)17(27)12-24-5-7-28-8-6-24/h9,11,13H,1-8,12H2,(H,20,21,22,23). The molecular weight excluding hydrogens is 392 g/mol. The quantitative estimate of drug-likeness (QED) is 0.749. The van der Waals surface area contributed by atoms with Crippen molar-refractivity contribution in [3.63, 3.8) is 0 Å². The van der Waals surface area contributed by atoms with Crippen LogP contribution in [0.5, 0.6) is 0 Å². The fourth-order valence-corrected chi connectivity index (χ4v) is 3.94. The number of aromatic nitrogens is 3. The number of carbonyl (C=O) groups excluding carboxylic acids is 1. The zero-order valence-corrected chi connectivity index (χ0v) is 16.8. The summed E-state index contributed by atoms with van der Waals surface area (Å²) in [5.41, 5.74) is 0. The van der Waals surface area contributed by atoms with Gasteiger partial charge in [0.25, 0.3) is 0 Å². The lowest BCUT2D eigenvalue weighted by Crippen LogP contribution is -2.52. The van der Waals surface area contributed by atoms with Crippen LogP contribution in [0.25, 0.3) is 0 Å². The molecule has 2 aromatic rings. The van der Waals surface area contributed by atoms with Crippen molar-refractivity contribution in [2.45, 2.75) is 0 Å². The molecule has 0 bridgehead atoms. The maximum absolute atomic E-state index is 12.6. The van der Waals surface area contributed by atoms with Gasteiger partial charge in [0.2, 0.25) is 5.91 Å². The number of piperazine rings is 1. The molecule has 11 heteroatoms. The third-order valence-corrected chi connectivity index (χ3v) is 5.74. The Bertz CT molecular complexity index is 884. The molecule has 0 atom stereocenters. The molecule has 2 saturated heterocycles. The number of nitrogens with one attached hydrogen (secondary N) is 1. The van der Waals surface area contributed by atoms with Gasteiger partial charge in [0.1, 0.15) is 28.9 Å². The maximum atomic E-state index is 12.6. The second kappa shape index (κ2) is 9.13. The lowest BCUT2D eigenvalue weighted by atomic mass is 10.3. The van der Waals surface area contributed by atoms with E-state index in [1.807, 2.05) is 11.0 Å². The Morgan fingerprint density at radius 3 is 2.69 bits per heavy atom. The Morgan fingerprint density at radius 1 is 1.17 bits per heavy atom. The molecule has 0 aromatic carbocycles. The normalized spacial score (nSPS) is 17.8. The summed E-state index contributed by atoms with van der Waals surface area (Å²) in [6.07, 6.45) is 3.04. The Morgan fingerprint density at radius 2 is 1.97 bits per heavy atom. The average molecular weight is 414 g/mol. The van der Waals surface area contributed by atoms with Crippen molar-refractivity contribution in [2.75, 3.05) is 69.2 Å². The molecule has 0 aliphatic carbocycles. The minimum Gasteiger partial charge on any atom is -0.379 e. The third kappa shape index (κ3) is 4.97. The summed E-state index contributed by atoms with van der Waals surface area (Å²) < 4.78 is 5.34. The van der Waals surface area contributed by atoms with Gasteiger partial charge in [-0.1, -0.05) is 11.3 Å². The summed E-state index contributed by atoms with van der Waals surface area (Å²) in [4.78, 5) is 32.1. The smallest absolute Gasteiger partial charge is 0.236 e. The highest BCUT2D eigenvalue weighted by atomic mass is 32.1. The molecule has 2 aliphatic heterocycles. The second-order valence-electron chi connectivity index (χ2n) is 6.78. The van der Waals surface area contributed by atoms with Gasteiger partial charge in [-0.2, -0.15) is 5.26 Å². The predicted molar refractivity (Wildman–Crippen MR) is 108 cm³/mol. The third-order valence-electron chi connectivity index (χ3n) is 4.92. The van der Waals surface area contributed by atoms with Crippen molar-refractivity contribution in [1.82, 2.24) is 24.8 Å². The van der Waals surface area contributed by atoms with Gasteiger partial charge in [0, 0.05) is 45.3 Å². The minimum atomic E-state index is 0.175. The largest absolute Gasteiger partial charge is 0.379 e. The fourth-order valence-electron chi connectivity index (χ4n) is 3.32. The lowest BCUT2D eigenvalue weighted by molar-refractivity contribution is -0.133. The number of nitriles is 1. The molecule has 1 amide bonds. The van der Waals surface area contributed by atoms with Gasteiger partial charge >= 0.3 is 0 Å². The first-order chi connectivity index (χ1) is 14.2. The molecule has 0 spiro atoms. The van der Waals surface area contributed by atoms with E-state index in [0.29, 0.717) is 48.7 Å². The Balaban J connectivity index is 1.31. The van der Waals surface area contributed by atoms with Gasteiger partial charge in [0.05, 0.1) is 26.0 Å². The van der Waals surface area contributed by atoms with E-state index in [-0.39, 0.29) is 5.91 Å². The van der Waals surface area contributed by atoms with Crippen LogP contribution in [0.3, 0.4) is 0 Å². The van der Waals surface area contributed by atoms with Crippen LogP contribution < -0.4 is 10.2 Å². The first-order valence-electron chi connectivity index (χ1n) is 9.49. The Hall–Kier alpha value is -2.81. The number of rotatable bonds is 5. The van der Waals surface area contributed by atoms with Gasteiger partial charge in [-0.3, -0.25) is 9.69 Å². The van der Waals surface area contributed by atoms with Gasteiger partial charge in [0.15, 0.2) is 5.13 Å². The van der Waals surface area contributed by atoms with Crippen LogP contribution in [0, 0.1) is 11.3 Å². The summed E-state index contributed by atoms with van der Waals surface area (Å²) in [5, 5.41) is 12.6. The molecule has 4 heterocycles. The summed E-state index contributed by atoms with van der Waals surface area (Å²) in [6.45, 7) is 6.29. The SMILES string of the molecule is N#Cc1cnc(Nc2cc(N3CCN(C(=O)CN4CCOCC4)CC3)ncn2)s1. The highest BCUT2D eigenvalue weighted by Gasteiger charge is 2.24. The topological polar surface area (TPSA) is 111 Å². The van der Waals surface area contributed by atoms with E-state index in [2.05, 4.69) is 36.1 Å². The molecule has 0 unspecified atom stereocenters. The Labute approximate surface area is 172 Å². The average Bonchev–Trinajstić information content (AvgIpc) is 3.22. The molecule has 2 fully saturated rings. The van der Waals surface area contributed by atoms with Gasteiger partial charge in [-0.25, -0.2) is 15.0 Å². The van der Waals surface area contributed by atoms with Crippen LogP contribution in [0.1, 0.15) is 4.88 Å². The van der Waals surface area contributed by atoms with Crippen LogP contribution in [-0.2, 0) is 9.53 Å². The van der Waals surface area contributed by atoms with Gasteiger partial charge in [-0.05, 0) is 0 Å². The molecule has 4 rings (SSSR count). The first-order valence-corrected chi connectivity index (χ1v) is 10.3. The van der Waals surface area contributed by atoms with Crippen molar-refractivity contribution in [1.29, 1.82) is 5.26 Å². The summed E-state index contributed by atoms with van der Waals surface area (Å²) in [7, 11) is 0. The van der Waals surface area contributed by atoms with E-state index in [4.69, 9.17) is 10.00 Å². The number of amides is 1. The number of ether oxygens (including phenoxy) is 1. The molecule has 2 aliphatic rings. The molecular formula is C18H22N8O2S. The van der Waals surface area contributed by atoms with Crippen LogP contribution in [0.2, 0.25) is 0 Å². The highest BCUT2D eigenvalue weighted by molar-refractivity contribution is 7.16. The predicted octanol–water partition coefficient (Wildman–Crippen LogP) is 0.529. The Kier molecular flexibility index (Phi) is 6.14. The van der Waals surface area contributed by atoms with E-state index in [9.17, 15) is 4.79 Å². The summed E-state index contributed by atoms with van der Waals surface area (Å²) in [6, 6.07) is 3.93. The second-order valence-corrected chi connectivity index (χ2v) is 7.81. The number of nitrogens with zero attached hydrogens (tertiary/aromatic N) is 7. The highest BCUT2D eigenvalue weighted by Crippen LogP contribution is 2.23. The number of anilines is 3. The molecule has 1 N–H and O–H groups in total. The van der Waals surface area contributed by atoms with Crippen molar-refractivity contribution < 1.29 is 9.53 Å². The van der Waals surface area contributed by atoms with E-state index < -0.39 is 0 Å². The number of thiazole rings is 1. The maximum Gasteiger partial charge on any atom is 0.236 e. The summed E-state index contributed by atoms with van der Waals surface area (Å²) in [5.74, 6) is 1.60. The number of carbonyl (C=O) groups is 1. The molecule has 29 heavy (non-hydrogen) atoms. The van der Waals surface area contributed by atoms with E-state index in [0.717, 1.165) is 32.0 Å². The van der Waals surface area contributed by atoms with Crippen LogP contribution in [0.4, 0.5) is 16.8 Å².